The second kappa shape index (κ2) is 9.87. The quantitative estimate of drug-likeness (QED) is 0.241. The molecule has 1 amide bonds. The van der Waals surface area contributed by atoms with Gasteiger partial charge in [-0.15, -0.1) is 0 Å². The SMILES string of the molecule is CC(C)(C)OC(=O)CC(NC(=O)c1ccc2c(Cl)cnc(NC(=N)N)c2c1)c1ccccc1. The number of amides is 1. The smallest absolute Gasteiger partial charge is 0.308 e. The summed E-state index contributed by atoms with van der Waals surface area (Å²) in [5.74, 6) is -0.783. The van der Waals surface area contributed by atoms with E-state index in [0.717, 1.165) is 5.56 Å². The third-order valence-corrected chi connectivity index (χ3v) is 4.95. The molecule has 3 aromatic rings. The molecule has 5 N–H and O–H groups in total. The molecule has 0 aliphatic rings. The van der Waals surface area contributed by atoms with Crippen LogP contribution in [0.5, 0.6) is 0 Å². The Bertz CT molecular complexity index is 1190. The number of nitrogens with two attached hydrogens (primary N) is 1. The number of hydrogen-bond donors (Lipinski definition) is 4. The highest BCUT2D eigenvalue weighted by Crippen LogP contribution is 2.29. The minimum absolute atomic E-state index is 0.0227. The van der Waals surface area contributed by atoms with Gasteiger partial charge in [-0.3, -0.25) is 15.0 Å². The number of ether oxygens (including phenoxy) is 1. The van der Waals surface area contributed by atoms with Crippen molar-refractivity contribution in [1.29, 1.82) is 5.41 Å². The van der Waals surface area contributed by atoms with Gasteiger partial charge in [0.25, 0.3) is 5.91 Å². The molecule has 1 heterocycles. The second-order valence-corrected chi connectivity index (χ2v) is 8.89. The van der Waals surface area contributed by atoms with E-state index in [1.165, 1.54) is 6.20 Å². The van der Waals surface area contributed by atoms with Crippen molar-refractivity contribution in [3.63, 3.8) is 0 Å². The molecule has 0 bridgehead atoms. The van der Waals surface area contributed by atoms with Crippen LogP contribution in [0.2, 0.25) is 5.02 Å². The van der Waals surface area contributed by atoms with Crippen molar-refractivity contribution >= 4 is 46.0 Å². The van der Waals surface area contributed by atoms with Gasteiger partial charge in [-0.1, -0.05) is 48.0 Å². The first kappa shape index (κ1) is 24.0. The fourth-order valence-electron chi connectivity index (χ4n) is 3.31. The molecule has 1 aromatic heterocycles. The highest BCUT2D eigenvalue weighted by Gasteiger charge is 2.24. The fourth-order valence-corrected chi connectivity index (χ4v) is 3.52. The Morgan fingerprint density at radius 1 is 1.15 bits per heavy atom. The molecular formula is C24H26ClN5O3. The summed E-state index contributed by atoms with van der Waals surface area (Å²) in [4.78, 5) is 29.8. The number of guanidine groups is 1. The molecule has 33 heavy (non-hydrogen) atoms. The monoisotopic (exact) mass is 467 g/mol. The molecule has 1 unspecified atom stereocenters. The van der Waals surface area contributed by atoms with Crippen LogP contribution in [0.15, 0.2) is 54.7 Å². The minimum Gasteiger partial charge on any atom is -0.460 e. The maximum atomic E-state index is 13.2. The molecule has 0 saturated heterocycles. The van der Waals surface area contributed by atoms with Crippen molar-refractivity contribution < 1.29 is 14.3 Å². The summed E-state index contributed by atoms with van der Waals surface area (Å²) < 4.78 is 5.45. The maximum absolute atomic E-state index is 13.2. The van der Waals surface area contributed by atoms with Gasteiger partial charge < -0.3 is 21.1 Å². The number of esters is 1. The lowest BCUT2D eigenvalue weighted by Gasteiger charge is -2.23. The molecule has 2 aromatic carbocycles. The summed E-state index contributed by atoms with van der Waals surface area (Å²) in [5, 5.41) is 14.7. The molecule has 0 spiro atoms. The van der Waals surface area contributed by atoms with Crippen LogP contribution in [-0.2, 0) is 9.53 Å². The predicted octanol–water partition coefficient (Wildman–Crippen LogP) is 4.40. The van der Waals surface area contributed by atoms with Gasteiger partial charge in [0.15, 0.2) is 5.96 Å². The topological polar surface area (TPSA) is 130 Å². The number of aromatic nitrogens is 1. The number of benzene rings is 2. The van der Waals surface area contributed by atoms with Crippen LogP contribution in [-0.4, -0.2) is 28.4 Å². The van der Waals surface area contributed by atoms with Crippen LogP contribution in [0, 0.1) is 5.41 Å². The van der Waals surface area contributed by atoms with Gasteiger partial charge in [-0.2, -0.15) is 0 Å². The zero-order chi connectivity index (χ0) is 24.2. The number of fused-ring (bicyclic) bond motifs is 1. The number of nitrogens with zero attached hydrogens (tertiary/aromatic N) is 1. The fraction of sp³-hybridized carbons (Fsp3) is 0.250. The molecule has 172 valence electrons. The molecule has 0 aliphatic heterocycles. The number of nitrogens with one attached hydrogen (secondary N) is 3. The molecular weight excluding hydrogens is 442 g/mol. The molecule has 0 saturated carbocycles. The summed E-state index contributed by atoms with van der Waals surface area (Å²) in [7, 11) is 0. The maximum Gasteiger partial charge on any atom is 0.308 e. The van der Waals surface area contributed by atoms with Gasteiger partial charge in [-0.25, -0.2) is 4.98 Å². The predicted molar refractivity (Wildman–Crippen MR) is 129 cm³/mol. The summed E-state index contributed by atoms with van der Waals surface area (Å²) in [5.41, 5.74) is 5.93. The van der Waals surface area contributed by atoms with Crippen LogP contribution < -0.4 is 16.4 Å². The van der Waals surface area contributed by atoms with Crippen LogP contribution in [0.4, 0.5) is 5.82 Å². The van der Waals surface area contributed by atoms with Gasteiger partial charge >= 0.3 is 5.97 Å². The van der Waals surface area contributed by atoms with E-state index in [0.29, 0.717) is 27.2 Å². The summed E-state index contributed by atoms with van der Waals surface area (Å²) in [6.07, 6.45) is 1.42. The molecule has 0 fully saturated rings. The average molecular weight is 468 g/mol. The van der Waals surface area contributed by atoms with E-state index < -0.39 is 17.6 Å². The second-order valence-electron chi connectivity index (χ2n) is 8.48. The van der Waals surface area contributed by atoms with Gasteiger partial charge in [-0.05, 0) is 38.5 Å². The van der Waals surface area contributed by atoms with E-state index in [4.69, 9.17) is 27.5 Å². The van der Waals surface area contributed by atoms with E-state index in [2.05, 4.69) is 15.6 Å². The molecule has 0 radical (unpaired) electrons. The minimum atomic E-state index is -0.632. The van der Waals surface area contributed by atoms with Crippen molar-refractivity contribution in [2.75, 3.05) is 5.32 Å². The Morgan fingerprint density at radius 2 is 1.85 bits per heavy atom. The normalized spacial score (nSPS) is 12.1. The van der Waals surface area contributed by atoms with E-state index in [-0.39, 0.29) is 18.3 Å². The van der Waals surface area contributed by atoms with Gasteiger partial charge in [0.05, 0.1) is 17.5 Å². The lowest BCUT2D eigenvalue weighted by atomic mass is 10.0. The van der Waals surface area contributed by atoms with Gasteiger partial charge in [0, 0.05) is 22.5 Å². The van der Waals surface area contributed by atoms with Gasteiger partial charge in [0.2, 0.25) is 0 Å². The first-order chi connectivity index (χ1) is 15.5. The molecule has 0 aliphatic carbocycles. The van der Waals surface area contributed by atoms with Crippen molar-refractivity contribution in [2.45, 2.75) is 38.8 Å². The van der Waals surface area contributed by atoms with Crippen LogP contribution >= 0.6 is 11.6 Å². The molecule has 8 nitrogen and oxygen atoms in total. The Morgan fingerprint density at radius 3 is 2.48 bits per heavy atom. The first-order valence-electron chi connectivity index (χ1n) is 10.3. The standard InChI is InChI=1S/C24H26ClN5O3/c1-24(2,3)33-20(31)12-19(14-7-5-4-6-8-14)29-22(32)15-9-10-16-17(11-15)21(30-23(26)27)28-13-18(16)25/h4-11,13,19H,12H2,1-3H3,(H,29,32)(H4,26,27,28,30). The van der Waals surface area contributed by atoms with Crippen molar-refractivity contribution in [2.24, 2.45) is 5.73 Å². The number of halogens is 1. The Kier molecular flexibility index (Phi) is 7.18. The summed E-state index contributed by atoms with van der Waals surface area (Å²) in [6.45, 7) is 5.38. The number of rotatable bonds is 6. The number of carbonyl (C=O) groups excluding carboxylic acids is 2. The first-order valence-corrected chi connectivity index (χ1v) is 10.7. The van der Waals surface area contributed by atoms with Crippen LogP contribution in [0.1, 0.15) is 49.2 Å². The summed E-state index contributed by atoms with van der Waals surface area (Å²) in [6, 6.07) is 13.6. The molecule has 9 heteroatoms. The number of carbonyl (C=O) groups is 2. The van der Waals surface area contributed by atoms with Crippen molar-refractivity contribution in [3.05, 3.63) is 70.9 Å². The van der Waals surface area contributed by atoms with E-state index in [9.17, 15) is 9.59 Å². The zero-order valence-electron chi connectivity index (χ0n) is 18.6. The Balaban J connectivity index is 1.91. The number of pyridine rings is 1. The largest absolute Gasteiger partial charge is 0.460 e. The third-order valence-electron chi connectivity index (χ3n) is 4.65. The zero-order valence-corrected chi connectivity index (χ0v) is 19.4. The van der Waals surface area contributed by atoms with Gasteiger partial charge in [0.1, 0.15) is 11.4 Å². The number of hydrogen-bond acceptors (Lipinski definition) is 5. The third kappa shape index (κ3) is 6.43. The van der Waals surface area contributed by atoms with Crippen LogP contribution in [0.25, 0.3) is 10.8 Å². The van der Waals surface area contributed by atoms with Crippen molar-refractivity contribution in [1.82, 2.24) is 10.3 Å². The lowest BCUT2D eigenvalue weighted by Crippen LogP contribution is -2.32. The van der Waals surface area contributed by atoms with Crippen molar-refractivity contribution in [3.8, 4) is 0 Å². The number of anilines is 1. The van der Waals surface area contributed by atoms with E-state index in [1.807, 2.05) is 30.3 Å². The Labute approximate surface area is 197 Å². The van der Waals surface area contributed by atoms with E-state index >= 15 is 0 Å². The highest BCUT2D eigenvalue weighted by molar-refractivity contribution is 6.36. The molecule has 3 rings (SSSR count). The molecule has 1 atom stereocenters. The van der Waals surface area contributed by atoms with E-state index in [1.54, 1.807) is 39.0 Å². The van der Waals surface area contributed by atoms with Crippen LogP contribution in [0.3, 0.4) is 0 Å². The summed E-state index contributed by atoms with van der Waals surface area (Å²) >= 11 is 6.24. The Hall–Kier alpha value is -3.65. The lowest BCUT2D eigenvalue weighted by molar-refractivity contribution is -0.155. The average Bonchev–Trinajstić information content (AvgIpc) is 2.74. The highest BCUT2D eigenvalue weighted by atomic mass is 35.5.